The highest BCUT2D eigenvalue weighted by atomic mass is 32.1. The highest BCUT2D eigenvalue weighted by Gasteiger charge is 2.19. The highest BCUT2D eigenvalue weighted by molar-refractivity contribution is 7.09. The number of carbonyl (C=O) groups excluding carboxylic acids is 2. The van der Waals surface area contributed by atoms with E-state index in [2.05, 4.69) is 28.9 Å². The number of hydrogen-bond donors (Lipinski definition) is 1. The molecule has 0 unspecified atom stereocenters. The van der Waals surface area contributed by atoms with Crippen molar-refractivity contribution in [3.63, 3.8) is 0 Å². The van der Waals surface area contributed by atoms with Gasteiger partial charge in [0.2, 0.25) is 0 Å². The number of ether oxygens (including phenoxy) is 1. The normalized spacial score (nSPS) is 12.1. The first-order valence-corrected chi connectivity index (χ1v) is 7.26. The summed E-state index contributed by atoms with van der Waals surface area (Å²) in [7, 11) is 2.95. The number of aromatic nitrogens is 1. The summed E-state index contributed by atoms with van der Waals surface area (Å²) < 4.78 is 4.56. The Kier molecular flexibility index (Phi) is 5.94. The van der Waals surface area contributed by atoms with Crippen LogP contribution in [0.5, 0.6) is 0 Å². The molecular formula is C13H21N3O3S. The summed E-state index contributed by atoms with van der Waals surface area (Å²) in [6, 6.07) is -1.00. The molecule has 1 atom stereocenters. The Bertz CT molecular complexity index is 473. The summed E-state index contributed by atoms with van der Waals surface area (Å²) >= 11 is 1.59. The second-order valence-electron chi connectivity index (χ2n) is 4.88. The molecule has 20 heavy (non-hydrogen) atoms. The molecule has 1 aromatic heterocycles. The van der Waals surface area contributed by atoms with Crippen LogP contribution in [0.2, 0.25) is 0 Å². The van der Waals surface area contributed by atoms with E-state index < -0.39 is 12.0 Å². The van der Waals surface area contributed by atoms with Gasteiger partial charge in [-0.1, -0.05) is 13.8 Å². The molecule has 0 saturated heterocycles. The van der Waals surface area contributed by atoms with Crippen molar-refractivity contribution in [1.82, 2.24) is 15.2 Å². The minimum Gasteiger partial charge on any atom is -0.467 e. The van der Waals surface area contributed by atoms with E-state index in [4.69, 9.17) is 0 Å². The number of esters is 1. The van der Waals surface area contributed by atoms with Crippen LogP contribution in [-0.4, -0.2) is 42.1 Å². The fourth-order valence-corrected chi connectivity index (χ4v) is 2.33. The first-order valence-electron chi connectivity index (χ1n) is 6.39. The molecule has 0 saturated carbocycles. The van der Waals surface area contributed by atoms with Crippen LogP contribution in [0.25, 0.3) is 0 Å². The summed E-state index contributed by atoms with van der Waals surface area (Å²) in [6.45, 7) is 6.15. The topological polar surface area (TPSA) is 71.5 Å². The molecule has 1 heterocycles. The lowest BCUT2D eigenvalue weighted by Crippen LogP contribution is -2.45. The summed E-state index contributed by atoms with van der Waals surface area (Å²) in [5.41, 5.74) is 0.849. The van der Waals surface area contributed by atoms with E-state index in [0.29, 0.717) is 12.5 Å². The Balaban J connectivity index is 2.54. The van der Waals surface area contributed by atoms with Gasteiger partial charge < -0.3 is 15.0 Å². The number of carbonyl (C=O) groups is 2. The molecule has 0 bridgehead atoms. The Hall–Kier alpha value is -1.63. The Morgan fingerprint density at radius 2 is 2.10 bits per heavy atom. The van der Waals surface area contributed by atoms with Gasteiger partial charge >= 0.3 is 12.0 Å². The number of rotatable bonds is 5. The molecule has 112 valence electrons. The van der Waals surface area contributed by atoms with Gasteiger partial charge in [0.1, 0.15) is 6.04 Å². The van der Waals surface area contributed by atoms with Crippen molar-refractivity contribution in [2.24, 2.45) is 0 Å². The summed E-state index contributed by atoms with van der Waals surface area (Å²) in [4.78, 5) is 29.1. The first-order chi connectivity index (χ1) is 9.35. The van der Waals surface area contributed by atoms with Crippen molar-refractivity contribution in [2.75, 3.05) is 14.2 Å². The quantitative estimate of drug-likeness (QED) is 0.844. The van der Waals surface area contributed by atoms with E-state index in [-0.39, 0.29) is 6.03 Å². The molecule has 0 fully saturated rings. The van der Waals surface area contributed by atoms with Crippen LogP contribution in [0, 0.1) is 0 Å². The second-order valence-corrected chi connectivity index (χ2v) is 5.77. The lowest BCUT2D eigenvalue weighted by Gasteiger charge is -2.19. The standard InChI is InChI=1S/C13H21N3O3S/c1-8(2)11-15-10(7-20-11)6-16(4)13(18)14-9(3)12(17)19-5/h7-9H,6H2,1-5H3,(H,14,18)/t9-/m0/s1. The minimum absolute atomic E-state index is 0.331. The van der Waals surface area contributed by atoms with Gasteiger partial charge in [0.05, 0.1) is 24.4 Å². The zero-order valence-corrected chi connectivity index (χ0v) is 13.3. The molecule has 1 N–H and O–H groups in total. The third-order valence-corrected chi connectivity index (χ3v) is 3.90. The fraction of sp³-hybridized carbons (Fsp3) is 0.615. The monoisotopic (exact) mass is 299 g/mol. The first kappa shape index (κ1) is 16.4. The van der Waals surface area contributed by atoms with Crippen molar-refractivity contribution in [3.05, 3.63) is 16.1 Å². The lowest BCUT2D eigenvalue weighted by atomic mass is 10.2. The molecule has 6 nitrogen and oxygen atoms in total. The van der Waals surface area contributed by atoms with Crippen molar-refractivity contribution in [3.8, 4) is 0 Å². The molecule has 0 aliphatic rings. The molecule has 0 spiro atoms. The smallest absolute Gasteiger partial charge is 0.328 e. The van der Waals surface area contributed by atoms with Crippen LogP contribution in [-0.2, 0) is 16.1 Å². The molecular weight excluding hydrogens is 278 g/mol. The maximum Gasteiger partial charge on any atom is 0.328 e. The number of nitrogens with one attached hydrogen (secondary N) is 1. The van der Waals surface area contributed by atoms with E-state index in [1.54, 1.807) is 25.3 Å². The molecule has 0 aliphatic carbocycles. The fourth-order valence-electron chi connectivity index (χ4n) is 1.51. The number of hydrogen-bond acceptors (Lipinski definition) is 5. The Morgan fingerprint density at radius 3 is 2.60 bits per heavy atom. The largest absolute Gasteiger partial charge is 0.467 e. The van der Waals surface area contributed by atoms with Crippen LogP contribution in [0.1, 0.15) is 37.4 Å². The SMILES string of the molecule is COC(=O)[C@H](C)NC(=O)N(C)Cc1csc(C(C)C)n1. The predicted octanol–water partition coefficient (Wildman–Crippen LogP) is 1.97. The molecule has 0 aromatic carbocycles. The molecule has 7 heteroatoms. The zero-order chi connectivity index (χ0) is 15.3. The summed E-state index contributed by atoms with van der Waals surface area (Å²) in [5, 5.41) is 5.57. The maximum absolute atomic E-state index is 11.9. The van der Waals surface area contributed by atoms with E-state index in [1.807, 2.05) is 5.38 Å². The van der Waals surface area contributed by atoms with E-state index in [9.17, 15) is 9.59 Å². The third kappa shape index (κ3) is 4.48. The van der Waals surface area contributed by atoms with Crippen LogP contribution in [0.15, 0.2) is 5.38 Å². The second kappa shape index (κ2) is 7.23. The molecule has 0 aliphatic heterocycles. The number of amides is 2. The number of nitrogens with zero attached hydrogens (tertiary/aromatic N) is 2. The van der Waals surface area contributed by atoms with Gasteiger partial charge in [-0.2, -0.15) is 0 Å². The minimum atomic E-state index is -0.670. The van der Waals surface area contributed by atoms with E-state index >= 15 is 0 Å². The van der Waals surface area contributed by atoms with Gasteiger partial charge in [-0.25, -0.2) is 14.6 Å². The molecule has 0 radical (unpaired) electrons. The van der Waals surface area contributed by atoms with E-state index in [1.165, 1.54) is 12.0 Å². The van der Waals surface area contributed by atoms with Gasteiger partial charge in [-0.15, -0.1) is 11.3 Å². The van der Waals surface area contributed by atoms with Crippen molar-refractivity contribution in [1.29, 1.82) is 0 Å². The van der Waals surface area contributed by atoms with Crippen molar-refractivity contribution < 1.29 is 14.3 Å². The predicted molar refractivity (Wildman–Crippen MR) is 77.7 cm³/mol. The van der Waals surface area contributed by atoms with Gasteiger partial charge in [-0.05, 0) is 6.92 Å². The van der Waals surface area contributed by atoms with Crippen molar-refractivity contribution in [2.45, 2.75) is 39.3 Å². The lowest BCUT2D eigenvalue weighted by molar-refractivity contribution is -0.142. The van der Waals surface area contributed by atoms with Gasteiger partial charge in [0.25, 0.3) is 0 Å². The number of thiazole rings is 1. The van der Waals surface area contributed by atoms with Crippen molar-refractivity contribution >= 4 is 23.3 Å². The Labute approximate surface area is 123 Å². The van der Waals surface area contributed by atoms with Crippen LogP contribution < -0.4 is 5.32 Å². The van der Waals surface area contributed by atoms with Gasteiger partial charge in [0, 0.05) is 18.3 Å². The number of methoxy groups -OCH3 is 1. The van der Waals surface area contributed by atoms with Crippen LogP contribution in [0.4, 0.5) is 4.79 Å². The zero-order valence-electron chi connectivity index (χ0n) is 12.5. The average Bonchev–Trinajstić information content (AvgIpc) is 2.86. The highest BCUT2D eigenvalue weighted by Crippen LogP contribution is 2.19. The van der Waals surface area contributed by atoms with E-state index in [0.717, 1.165) is 10.7 Å². The van der Waals surface area contributed by atoms with Crippen LogP contribution >= 0.6 is 11.3 Å². The van der Waals surface area contributed by atoms with Crippen LogP contribution in [0.3, 0.4) is 0 Å². The summed E-state index contributed by atoms with van der Waals surface area (Å²) in [5.74, 6) is -0.0882. The molecule has 1 rings (SSSR count). The van der Waals surface area contributed by atoms with Gasteiger partial charge in [-0.3, -0.25) is 0 Å². The number of urea groups is 1. The average molecular weight is 299 g/mol. The Morgan fingerprint density at radius 1 is 1.45 bits per heavy atom. The molecule has 2 amide bonds. The molecule has 1 aromatic rings. The maximum atomic E-state index is 11.9. The van der Waals surface area contributed by atoms with Gasteiger partial charge in [0.15, 0.2) is 0 Å². The third-order valence-electron chi connectivity index (χ3n) is 2.70. The summed E-state index contributed by atoms with van der Waals surface area (Å²) in [6.07, 6.45) is 0.